The van der Waals surface area contributed by atoms with Gasteiger partial charge in [-0.3, -0.25) is 9.78 Å². The van der Waals surface area contributed by atoms with Crippen molar-refractivity contribution in [3.63, 3.8) is 0 Å². The number of rotatable bonds is 5. The highest BCUT2D eigenvalue weighted by Crippen LogP contribution is 2.32. The van der Waals surface area contributed by atoms with Crippen LogP contribution in [-0.2, 0) is 21.2 Å². The molecule has 12 heteroatoms. The molecule has 172 valence electrons. The summed E-state index contributed by atoms with van der Waals surface area (Å²) in [4.78, 5) is 30.8. The summed E-state index contributed by atoms with van der Waals surface area (Å²) in [5.74, 6) is 0.0215. The van der Waals surface area contributed by atoms with E-state index in [-0.39, 0.29) is 18.8 Å². The molecule has 3 aromatic rings. The van der Waals surface area contributed by atoms with Gasteiger partial charge in [0.2, 0.25) is 0 Å². The number of hydrogen-bond donors (Lipinski definition) is 0. The molecule has 1 fully saturated rings. The first-order valence-electron chi connectivity index (χ1n) is 9.48. The number of anilines is 1. The van der Waals surface area contributed by atoms with E-state index < -0.39 is 32.2 Å². The second-order valence-corrected chi connectivity index (χ2v) is 9.11. The van der Waals surface area contributed by atoms with Gasteiger partial charge < -0.3 is 9.64 Å². The lowest BCUT2D eigenvalue weighted by molar-refractivity contribution is -0.116. The Bertz CT molecular complexity index is 1360. The number of nitrogens with zero attached hydrogens (tertiary/aromatic N) is 3. The number of carbonyl (C=O) groups is 2. The number of aromatic nitrogens is 1. The topological polar surface area (TPSA) is 96.9 Å². The van der Waals surface area contributed by atoms with Gasteiger partial charge in [-0.25, -0.2) is 18.1 Å². The van der Waals surface area contributed by atoms with Gasteiger partial charge in [-0.15, -0.1) is 0 Å². The molecule has 4 rings (SSSR count). The molecule has 1 saturated heterocycles. The van der Waals surface area contributed by atoms with Crippen molar-refractivity contribution >= 4 is 38.4 Å². The molecule has 0 atom stereocenters. The average Bonchev–Trinajstić information content (AvgIpc) is 3.05. The third kappa shape index (κ3) is 3.97. The Hall–Kier alpha value is -3.67. The molecule has 0 aliphatic carbocycles. The number of halogens is 3. The summed E-state index contributed by atoms with van der Waals surface area (Å²) in [6.07, 6.45) is 1.57. The lowest BCUT2D eigenvalue weighted by Gasteiger charge is -2.18. The maximum absolute atomic E-state index is 12.9. The highest BCUT2D eigenvalue weighted by atomic mass is 32.2. The van der Waals surface area contributed by atoms with Crippen LogP contribution in [0.15, 0.2) is 59.6 Å². The molecule has 0 bridgehead atoms. The Morgan fingerprint density at radius 1 is 1.06 bits per heavy atom. The predicted molar refractivity (Wildman–Crippen MR) is 111 cm³/mol. The lowest BCUT2D eigenvalue weighted by Crippen LogP contribution is -2.33. The zero-order valence-electron chi connectivity index (χ0n) is 17.0. The number of amides is 3. The number of hydrogen-bond acceptors (Lipinski definition) is 6. The molecule has 1 aliphatic rings. The number of sulfone groups is 1. The van der Waals surface area contributed by atoms with Gasteiger partial charge in [-0.05, 0) is 48.0 Å². The van der Waals surface area contributed by atoms with E-state index in [1.54, 1.807) is 30.5 Å². The minimum absolute atomic E-state index is 0.0297. The van der Waals surface area contributed by atoms with Crippen molar-refractivity contribution in [2.45, 2.75) is 16.9 Å². The van der Waals surface area contributed by atoms with Crippen molar-refractivity contribution in [2.24, 2.45) is 0 Å². The van der Waals surface area contributed by atoms with Crippen LogP contribution >= 0.6 is 0 Å². The summed E-state index contributed by atoms with van der Waals surface area (Å²) in [5.41, 5.74) is -4.11. The van der Waals surface area contributed by atoms with Crippen LogP contribution in [-0.4, -0.2) is 49.4 Å². The Morgan fingerprint density at radius 3 is 2.39 bits per heavy atom. The van der Waals surface area contributed by atoms with E-state index >= 15 is 0 Å². The van der Waals surface area contributed by atoms with E-state index in [0.717, 1.165) is 28.0 Å². The molecule has 0 N–H and O–H groups in total. The largest absolute Gasteiger partial charge is 0.501 e. The Balaban J connectivity index is 1.58. The monoisotopic (exact) mass is 479 g/mol. The van der Waals surface area contributed by atoms with Crippen LogP contribution in [0.3, 0.4) is 0 Å². The quantitative estimate of drug-likeness (QED) is 0.520. The van der Waals surface area contributed by atoms with Gasteiger partial charge >= 0.3 is 11.5 Å². The normalized spacial score (nSPS) is 14.9. The number of alkyl halides is 3. The van der Waals surface area contributed by atoms with Crippen LogP contribution in [0, 0.1) is 0 Å². The van der Waals surface area contributed by atoms with Gasteiger partial charge in [0, 0.05) is 24.2 Å². The maximum atomic E-state index is 12.9. The lowest BCUT2D eigenvalue weighted by atomic mass is 10.1. The van der Waals surface area contributed by atoms with Crippen molar-refractivity contribution in [1.29, 1.82) is 0 Å². The van der Waals surface area contributed by atoms with Gasteiger partial charge in [0.05, 0.1) is 23.2 Å². The van der Waals surface area contributed by atoms with Gasteiger partial charge in [0.25, 0.3) is 15.7 Å². The number of benzene rings is 2. The first-order chi connectivity index (χ1) is 15.5. The van der Waals surface area contributed by atoms with Crippen LogP contribution in [0.4, 0.5) is 23.7 Å². The van der Waals surface area contributed by atoms with Gasteiger partial charge in [0.1, 0.15) is 12.3 Å². The molecule has 0 radical (unpaired) electrons. The minimum Gasteiger partial charge on any atom is -0.497 e. The molecule has 0 unspecified atom stereocenters. The Labute approximate surface area is 186 Å². The number of carbonyl (C=O) groups excluding carboxylic acids is 2. The smallest absolute Gasteiger partial charge is 0.497 e. The van der Waals surface area contributed by atoms with Gasteiger partial charge in [-0.1, -0.05) is 0 Å². The fraction of sp³-hybridized carbons (Fsp3) is 0.190. The van der Waals surface area contributed by atoms with Crippen molar-refractivity contribution in [3.8, 4) is 5.75 Å². The molecule has 33 heavy (non-hydrogen) atoms. The molecule has 0 saturated carbocycles. The van der Waals surface area contributed by atoms with Crippen LogP contribution in [0.2, 0.25) is 0 Å². The molecule has 8 nitrogen and oxygen atoms in total. The van der Waals surface area contributed by atoms with Gasteiger partial charge in [-0.2, -0.15) is 13.2 Å². The summed E-state index contributed by atoms with van der Waals surface area (Å²) in [6.45, 7) is -0.158. The average molecular weight is 479 g/mol. The zero-order valence-corrected chi connectivity index (χ0v) is 17.9. The third-order valence-electron chi connectivity index (χ3n) is 5.15. The van der Waals surface area contributed by atoms with Crippen molar-refractivity contribution in [3.05, 3.63) is 60.3 Å². The second-order valence-electron chi connectivity index (χ2n) is 7.16. The second kappa shape index (κ2) is 8.03. The summed E-state index contributed by atoms with van der Waals surface area (Å²) in [5, 5.41) is 0.763. The molecular formula is C21H16F3N3O5S. The first kappa shape index (κ1) is 22.5. The molecule has 0 spiro atoms. The van der Waals surface area contributed by atoms with Crippen molar-refractivity contribution in [1.82, 2.24) is 9.88 Å². The summed E-state index contributed by atoms with van der Waals surface area (Å²) >= 11 is 0. The Morgan fingerprint density at radius 2 is 1.76 bits per heavy atom. The number of pyridine rings is 1. The highest BCUT2D eigenvalue weighted by molar-refractivity contribution is 7.92. The summed E-state index contributed by atoms with van der Waals surface area (Å²) < 4.78 is 66.4. The molecule has 1 aromatic heterocycles. The zero-order chi connectivity index (χ0) is 24.0. The molecular weight excluding hydrogens is 463 g/mol. The fourth-order valence-corrected chi connectivity index (χ4v) is 4.25. The summed E-state index contributed by atoms with van der Waals surface area (Å²) in [6, 6.07) is 9.72. The molecule has 2 aromatic carbocycles. The number of fused-ring (bicyclic) bond motifs is 1. The SMILES string of the molecule is COc1ccc2c(CN3CC(=O)N(c4ccc(S(=O)(=O)C(F)(F)F)cc4)C3=O)ccnc2c1. The van der Waals surface area contributed by atoms with E-state index in [2.05, 4.69) is 4.98 Å². The number of methoxy groups -OCH3 is 1. The molecule has 2 heterocycles. The fourth-order valence-electron chi connectivity index (χ4n) is 3.49. The molecule has 3 amide bonds. The predicted octanol–water partition coefficient (Wildman–Crippen LogP) is 3.51. The number of ether oxygens (including phenoxy) is 1. The maximum Gasteiger partial charge on any atom is 0.501 e. The van der Waals surface area contributed by atoms with E-state index in [1.807, 2.05) is 0 Å². The Kier molecular flexibility index (Phi) is 5.48. The minimum atomic E-state index is -5.53. The van der Waals surface area contributed by atoms with E-state index in [0.29, 0.717) is 23.4 Å². The van der Waals surface area contributed by atoms with Crippen molar-refractivity contribution < 1.29 is 35.9 Å². The van der Waals surface area contributed by atoms with E-state index in [4.69, 9.17) is 4.74 Å². The van der Waals surface area contributed by atoms with E-state index in [9.17, 15) is 31.2 Å². The van der Waals surface area contributed by atoms with Gasteiger partial charge in [0.15, 0.2) is 0 Å². The number of imide groups is 1. The van der Waals surface area contributed by atoms with Crippen LogP contribution in [0.5, 0.6) is 5.75 Å². The molecule has 1 aliphatic heterocycles. The van der Waals surface area contributed by atoms with Crippen LogP contribution in [0.1, 0.15) is 5.56 Å². The van der Waals surface area contributed by atoms with E-state index in [1.165, 1.54) is 12.0 Å². The highest BCUT2D eigenvalue weighted by Gasteiger charge is 2.47. The first-order valence-corrected chi connectivity index (χ1v) is 11.0. The number of urea groups is 1. The van der Waals surface area contributed by atoms with Crippen LogP contribution in [0.25, 0.3) is 10.9 Å². The third-order valence-corrected chi connectivity index (χ3v) is 6.65. The summed E-state index contributed by atoms with van der Waals surface area (Å²) in [7, 11) is -4.01. The van der Waals surface area contributed by atoms with Crippen molar-refractivity contribution in [2.75, 3.05) is 18.6 Å². The van der Waals surface area contributed by atoms with Crippen LogP contribution < -0.4 is 9.64 Å². The standard InChI is InChI=1S/C21H16F3N3O5S/c1-32-15-4-7-17-13(8-9-25-18(17)10-15)11-26-12-19(28)27(20(26)29)14-2-5-16(6-3-14)33(30,31)21(22,23)24/h2-10H,11-12H2,1H3.